The average molecular weight is 495 g/mol. The minimum atomic E-state index is -4.02. The van der Waals surface area contributed by atoms with Gasteiger partial charge in [-0.15, -0.1) is 0 Å². The largest absolute Gasteiger partial charge is 0.343 e. The Morgan fingerprint density at radius 2 is 1.83 bits per heavy atom. The number of hydrogen-bond donors (Lipinski definition) is 0. The molecule has 1 fully saturated rings. The van der Waals surface area contributed by atoms with E-state index in [-0.39, 0.29) is 17.0 Å². The van der Waals surface area contributed by atoms with E-state index in [1.807, 2.05) is 22.7 Å². The smallest absolute Gasteiger partial charge is 0.301 e. The van der Waals surface area contributed by atoms with Crippen LogP contribution in [0.25, 0.3) is 28.4 Å². The monoisotopic (exact) mass is 494 g/mol. The van der Waals surface area contributed by atoms with Crippen LogP contribution in [0.4, 0.5) is 0 Å². The zero-order valence-electron chi connectivity index (χ0n) is 19.7. The van der Waals surface area contributed by atoms with E-state index in [4.69, 9.17) is 0 Å². The number of likely N-dealkylation sites (tertiary alicyclic amines) is 1. The summed E-state index contributed by atoms with van der Waals surface area (Å²) in [5.74, 6) is 0.651. The van der Waals surface area contributed by atoms with Gasteiger partial charge in [-0.3, -0.25) is 19.0 Å². The maximum atomic E-state index is 13.5. The van der Waals surface area contributed by atoms with Gasteiger partial charge in [-0.05, 0) is 32.8 Å². The molecule has 182 valence electrons. The molecule has 1 aliphatic heterocycles. The molecule has 11 nitrogen and oxygen atoms in total. The lowest BCUT2D eigenvalue weighted by atomic mass is 10.1. The van der Waals surface area contributed by atoms with E-state index in [0.717, 1.165) is 28.1 Å². The Hall–Kier alpha value is -3.80. The fraction of sp³-hybridized carbons (Fsp3) is 0.348. The van der Waals surface area contributed by atoms with Crippen molar-refractivity contribution >= 4 is 33.2 Å². The van der Waals surface area contributed by atoms with E-state index in [1.54, 1.807) is 44.6 Å². The number of fused-ring (bicyclic) bond motifs is 1. The predicted molar refractivity (Wildman–Crippen MR) is 130 cm³/mol. The molecule has 0 saturated carbocycles. The van der Waals surface area contributed by atoms with Crippen LogP contribution in [0.2, 0.25) is 0 Å². The molecule has 0 unspecified atom stereocenters. The van der Waals surface area contributed by atoms with Gasteiger partial charge in [0.2, 0.25) is 5.91 Å². The molecule has 12 heteroatoms. The third-order valence-electron chi connectivity index (χ3n) is 6.35. The highest BCUT2D eigenvalue weighted by Gasteiger charge is 2.26. The quantitative estimate of drug-likeness (QED) is 0.418. The van der Waals surface area contributed by atoms with Crippen molar-refractivity contribution < 1.29 is 13.2 Å². The van der Waals surface area contributed by atoms with Crippen molar-refractivity contribution in [1.29, 1.82) is 0 Å². The number of piperidine rings is 1. The molecule has 1 saturated heterocycles. The first-order valence-corrected chi connectivity index (χ1v) is 12.8. The van der Waals surface area contributed by atoms with Crippen molar-refractivity contribution in [3.63, 3.8) is 0 Å². The van der Waals surface area contributed by atoms with Gasteiger partial charge in [-0.2, -0.15) is 22.7 Å². The van der Waals surface area contributed by atoms with Gasteiger partial charge in [0.25, 0.3) is 0 Å². The number of aromatic nitrogens is 7. The van der Waals surface area contributed by atoms with Crippen molar-refractivity contribution in [2.75, 3.05) is 13.1 Å². The topological polar surface area (TPSA) is 121 Å². The van der Waals surface area contributed by atoms with Crippen molar-refractivity contribution in [2.45, 2.75) is 44.7 Å². The standard InChI is InChI=1S/C23H26N8O3S/c1-4-7-29-16(2)24-14-23(29)35(33,34)31-22-10-18(11-25-21(22)13-27-31)19-12-26-30(15-19)20-5-8-28(9-6-20)17(3)32/h4,7,10-15,20H,5-6,8-9H2,1-3H3. The lowest BCUT2D eigenvalue weighted by Gasteiger charge is -2.31. The molecule has 1 amide bonds. The summed E-state index contributed by atoms with van der Waals surface area (Å²) >= 11 is 0. The zero-order chi connectivity index (χ0) is 24.7. The summed E-state index contributed by atoms with van der Waals surface area (Å²) in [4.78, 5) is 22.0. The maximum Gasteiger partial charge on any atom is 0.301 e. The number of carbonyl (C=O) groups excluding carboxylic acids is 1. The van der Waals surface area contributed by atoms with Gasteiger partial charge in [-0.1, -0.05) is 6.08 Å². The SMILES string of the molecule is CC=Cn1c(S(=O)(=O)n2ncc3ncc(-c4cnn(C5CCN(C(C)=O)CC5)c4)cc32)cnc1C. The van der Waals surface area contributed by atoms with Crippen LogP contribution in [0.15, 0.2) is 48.2 Å². The number of pyridine rings is 1. The molecule has 0 aliphatic carbocycles. The van der Waals surface area contributed by atoms with Crippen LogP contribution >= 0.6 is 0 Å². The van der Waals surface area contributed by atoms with Crippen LogP contribution in [0.3, 0.4) is 0 Å². The Morgan fingerprint density at radius 3 is 2.54 bits per heavy atom. The molecule has 1 aliphatic rings. The van der Waals surface area contributed by atoms with Crippen LogP contribution in [0.5, 0.6) is 0 Å². The molecular formula is C23H26N8O3S. The van der Waals surface area contributed by atoms with Crippen molar-refractivity contribution in [3.05, 3.63) is 49.0 Å². The number of hydrogen-bond acceptors (Lipinski definition) is 7. The molecule has 0 aromatic carbocycles. The molecule has 0 atom stereocenters. The lowest BCUT2D eigenvalue weighted by molar-refractivity contribution is -0.130. The number of amides is 1. The molecule has 35 heavy (non-hydrogen) atoms. The Labute approximate surface area is 202 Å². The second-order valence-corrected chi connectivity index (χ2v) is 10.3. The van der Waals surface area contributed by atoms with Gasteiger partial charge < -0.3 is 4.90 Å². The minimum Gasteiger partial charge on any atom is -0.343 e. The summed E-state index contributed by atoms with van der Waals surface area (Å²) in [5, 5.41) is 8.69. The van der Waals surface area contributed by atoms with E-state index in [0.29, 0.717) is 29.9 Å². The van der Waals surface area contributed by atoms with E-state index in [2.05, 4.69) is 20.2 Å². The third kappa shape index (κ3) is 4.03. The predicted octanol–water partition coefficient (Wildman–Crippen LogP) is 2.71. The fourth-order valence-corrected chi connectivity index (χ4v) is 5.79. The Bertz CT molecular complexity index is 1540. The molecular weight excluding hydrogens is 468 g/mol. The Balaban J connectivity index is 1.48. The summed E-state index contributed by atoms with van der Waals surface area (Å²) in [6.45, 7) is 6.56. The van der Waals surface area contributed by atoms with Crippen molar-refractivity contribution in [3.8, 4) is 11.1 Å². The highest BCUT2D eigenvalue weighted by atomic mass is 32.2. The molecule has 0 spiro atoms. The van der Waals surface area contributed by atoms with E-state index < -0.39 is 10.0 Å². The number of imidazole rings is 1. The van der Waals surface area contributed by atoms with E-state index in [1.165, 1.54) is 17.0 Å². The number of allylic oxidation sites excluding steroid dienone is 1. The number of aryl methyl sites for hydroxylation is 1. The highest BCUT2D eigenvalue weighted by Crippen LogP contribution is 2.28. The van der Waals surface area contributed by atoms with Crippen LogP contribution in [-0.2, 0) is 14.8 Å². The first kappa shape index (κ1) is 23.0. The number of nitrogens with zero attached hydrogens (tertiary/aromatic N) is 8. The van der Waals surface area contributed by atoms with Gasteiger partial charge in [0.15, 0.2) is 5.03 Å². The van der Waals surface area contributed by atoms with Gasteiger partial charge in [0, 0.05) is 49.7 Å². The first-order chi connectivity index (χ1) is 16.8. The molecule has 4 aromatic rings. The van der Waals surface area contributed by atoms with Gasteiger partial charge >= 0.3 is 10.0 Å². The van der Waals surface area contributed by atoms with Crippen LogP contribution in [0.1, 0.15) is 38.6 Å². The van der Waals surface area contributed by atoms with Gasteiger partial charge in [-0.25, -0.2) is 4.98 Å². The molecule has 0 radical (unpaired) electrons. The number of rotatable bonds is 5. The molecule has 5 heterocycles. The fourth-order valence-electron chi connectivity index (χ4n) is 4.41. The first-order valence-electron chi connectivity index (χ1n) is 11.4. The Kier molecular flexibility index (Phi) is 5.75. The minimum absolute atomic E-state index is 0.0215. The highest BCUT2D eigenvalue weighted by molar-refractivity contribution is 7.90. The van der Waals surface area contributed by atoms with Crippen molar-refractivity contribution in [1.82, 2.24) is 38.4 Å². The second kappa shape index (κ2) is 8.77. The lowest BCUT2D eigenvalue weighted by Crippen LogP contribution is -2.37. The third-order valence-corrected chi connectivity index (χ3v) is 7.92. The summed E-state index contributed by atoms with van der Waals surface area (Å²) in [7, 11) is -4.02. The zero-order valence-corrected chi connectivity index (χ0v) is 20.6. The number of carbonyl (C=O) groups is 1. The summed E-state index contributed by atoms with van der Waals surface area (Å²) in [6.07, 6.45) is 13.2. The molecule has 5 rings (SSSR count). The molecule has 0 bridgehead atoms. The van der Waals surface area contributed by atoms with Gasteiger partial charge in [0.05, 0.1) is 24.6 Å². The summed E-state index contributed by atoms with van der Waals surface area (Å²) < 4.78 is 31.4. The van der Waals surface area contributed by atoms with E-state index in [9.17, 15) is 13.2 Å². The molecule has 4 aromatic heterocycles. The molecule has 0 N–H and O–H groups in total. The van der Waals surface area contributed by atoms with Crippen LogP contribution in [-0.4, -0.2) is 65.8 Å². The van der Waals surface area contributed by atoms with Gasteiger partial charge in [0.1, 0.15) is 16.9 Å². The average Bonchev–Trinajstić information content (AvgIpc) is 3.58. The van der Waals surface area contributed by atoms with Crippen LogP contribution < -0.4 is 0 Å². The van der Waals surface area contributed by atoms with Crippen molar-refractivity contribution in [2.24, 2.45) is 0 Å². The maximum absolute atomic E-state index is 13.5. The summed E-state index contributed by atoms with van der Waals surface area (Å²) in [5.41, 5.74) is 2.40. The normalized spacial score (nSPS) is 15.5. The summed E-state index contributed by atoms with van der Waals surface area (Å²) in [6, 6.07) is 1.97. The Morgan fingerprint density at radius 1 is 1.06 bits per heavy atom. The van der Waals surface area contributed by atoms with E-state index >= 15 is 0 Å². The van der Waals surface area contributed by atoms with Crippen LogP contribution in [0, 0.1) is 6.92 Å². The second-order valence-electron chi connectivity index (χ2n) is 8.56.